The quantitative estimate of drug-likeness (QED) is 0.377. The highest BCUT2D eigenvalue weighted by molar-refractivity contribution is 8.18. The predicted octanol–water partition coefficient (Wildman–Crippen LogP) is 6.85. The number of amidine groups is 1. The van der Waals surface area contributed by atoms with Gasteiger partial charge in [-0.05, 0) is 98.2 Å². The molecule has 2 saturated heterocycles. The molecule has 2 aromatic rings. The maximum atomic E-state index is 15.0. The fraction of sp³-hybridized carbons (Fsp3) is 0.500. The number of carbonyl (C=O) groups is 2. The Kier molecular flexibility index (Phi) is 7.99. The number of benzene rings is 2. The van der Waals surface area contributed by atoms with Gasteiger partial charge < -0.3 is 20.0 Å². The summed E-state index contributed by atoms with van der Waals surface area (Å²) in [7, 11) is 0. The number of halogens is 3. The summed E-state index contributed by atoms with van der Waals surface area (Å²) < 4.78 is 15.0. The van der Waals surface area contributed by atoms with Crippen LogP contribution in [-0.2, 0) is 9.59 Å². The minimum absolute atomic E-state index is 0.0345. The van der Waals surface area contributed by atoms with Gasteiger partial charge in [-0.2, -0.15) is 0 Å². The smallest absolute Gasteiger partial charge is 0.263 e. The molecule has 238 valence electrons. The molecule has 1 saturated carbocycles. The SMILES string of the molecule is Cc1cc(Cl)c(F)cc1[C@@H]1C(c2ccc(Cl)cc2)N=C2SC(C(=O)N3CCCC3C(=O)N3CC4(CC4)NC[C@@H]3C)=C(C(C)C)N21. The molecular weight excluding hydrogens is 632 g/mol. The van der Waals surface area contributed by atoms with Crippen molar-refractivity contribution < 1.29 is 14.0 Å². The highest BCUT2D eigenvalue weighted by Gasteiger charge is 2.52. The Hall–Kier alpha value is -2.59. The molecule has 0 radical (unpaired) electrons. The van der Waals surface area contributed by atoms with E-state index in [1.54, 1.807) is 11.0 Å². The number of hydrogen-bond donors (Lipinski definition) is 1. The third-order valence-corrected chi connectivity index (χ3v) is 11.6. The van der Waals surface area contributed by atoms with Crippen LogP contribution in [0.4, 0.5) is 4.39 Å². The number of allylic oxidation sites excluding steroid dienone is 1. The molecule has 2 amide bonds. The zero-order chi connectivity index (χ0) is 31.8. The summed E-state index contributed by atoms with van der Waals surface area (Å²) in [6.07, 6.45) is 3.63. The average Bonchev–Trinajstić information content (AvgIpc) is 3.33. The van der Waals surface area contributed by atoms with E-state index in [-0.39, 0.29) is 40.4 Å². The Labute approximate surface area is 278 Å². The van der Waals surface area contributed by atoms with E-state index in [1.165, 1.54) is 17.8 Å². The number of likely N-dealkylation sites (tertiary alicyclic amines) is 1. The fourth-order valence-electron chi connectivity index (χ4n) is 7.37. The van der Waals surface area contributed by atoms with Gasteiger partial charge in [-0.15, -0.1) is 0 Å². The number of fused-ring (bicyclic) bond motifs is 1. The van der Waals surface area contributed by atoms with E-state index in [4.69, 9.17) is 28.2 Å². The van der Waals surface area contributed by atoms with Crippen molar-refractivity contribution in [3.63, 3.8) is 0 Å². The van der Waals surface area contributed by atoms with Crippen molar-refractivity contribution in [2.75, 3.05) is 19.6 Å². The number of thioether (sulfide) groups is 1. The third-order valence-electron chi connectivity index (χ3n) is 10.0. The van der Waals surface area contributed by atoms with Crippen LogP contribution in [-0.4, -0.2) is 68.9 Å². The van der Waals surface area contributed by atoms with Crippen LogP contribution in [0.1, 0.15) is 75.2 Å². The number of carbonyl (C=O) groups excluding carboxylic acids is 2. The van der Waals surface area contributed by atoms with E-state index in [9.17, 15) is 9.59 Å². The molecule has 4 atom stereocenters. The summed E-state index contributed by atoms with van der Waals surface area (Å²) in [6.45, 7) is 10.2. The van der Waals surface area contributed by atoms with E-state index in [0.29, 0.717) is 34.6 Å². The molecule has 2 unspecified atom stereocenters. The summed E-state index contributed by atoms with van der Waals surface area (Å²) in [5, 5.41) is 5.02. The van der Waals surface area contributed by atoms with E-state index >= 15 is 4.39 Å². The van der Waals surface area contributed by atoms with Crippen LogP contribution >= 0.6 is 35.0 Å². The molecule has 2 aromatic carbocycles. The molecule has 4 aliphatic heterocycles. The van der Waals surface area contributed by atoms with Gasteiger partial charge in [0.15, 0.2) is 5.17 Å². The zero-order valence-electron chi connectivity index (χ0n) is 25.9. The second-order valence-electron chi connectivity index (χ2n) is 13.4. The average molecular weight is 671 g/mol. The summed E-state index contributed by atoms with van der Waals surface area (Å²) in [5.41, 5.74) is 3.46. The number of aryl methyl sites for hydroxylation is 1. The highest BCUT2D eigenvalue weighted by atomic mass is 35.5. The second kappa shape index (κ2) is 11.6. The first-order chi connectivity index (χ1) is 21.5. The van der Waals surface area contributed by atoms with Crippen molar-refractivity contribution in [1.29, 1.82) is 0 Å². The molecular formula is C34H38Cl2FN5O2S. The Morgan fingerprint density at radius 2 is 1.87 bits per heavy atom. The number of nitrogens with one attached hydrogen (secondary N) is 1. The van der Waals surface area contributed by atoms with Crippen LogP contribution in [0.25, 0.3) is 0 Å². The van der Waals surface area contributed by atoms with Crippen LogP contribution in [0.3, 0.4) is 0 Å². The minimum atomic E-state index is -0.493. The molecule has 5 aliphatic rings. The molecule has 0 bridgehead atoms. The van der Waals surface area contributed by atoms with Crippen LogP contribution in [0, 0.1) is 18.7 Å². The Morgan fingerprint density at radius 3 is 2.56 bits per heavy atom. The topological polar surface area (TPSA) is 68.2 Å². The summed E-state index contributed by atoms with van der Waals surface area (Å²) >= 11 is 13.8. The number of nitrogens with zero attached hydrogens (tertiary/aromatic N) is 4. The molecule has 1 spiro atoms. The molecule has 7 rings (SSSR count). The fourth-order valence-corrected chi connectivity index (χ4v) is 9.02. The lowest BCUT2D eigenvalue weighted by Crippen LogP contribution is -2.61. The van der Waals surface area contributed by atoms with Crippen molar-refractivity contribution in [2.45, 2.75) is 83.1 Å². The first kappa shape index (κ1) is 31.0. The third kappa shape index (κ3) is 5.37. The van der Waals surface area contributed by atoms with E-state index < -0.39 is 17.9 Å². The first-order valence-electron chi connectivity index (χ1n) is 15.8. The lowest BCUT2D eigenvalue weighted by atomic mass is 9.90. The molecule has 1 aliphatic carbocycles. The van der Waals surface area contributed by atoms with Gasteiger partial charge in [-0.25, -0.2) is 4.39 Å². The van der Waals surface area contributed by atoms with Crippen molar-refractivity contribution in [3.05, 3.63) is 79.6 Å². The normalized spacial score (nSPS) is 27.1. The summed E-state index contributed by atoms with van der Waals surface area (Å²) in [5.74, 6) is -0.594. The molecule has 1 N–H and O–H groups in total. The number of hydrogen-bond acceptors (Lipinski definition) is 6. The molecule has 3 fully saturated rings. The van der Waals surface area contributed by atoms with Crippen molar-refractivity contribution in [2.24, 2.45) is 10.9 Å². The number of rotatable bonds is 5. The molecule has 0 aromatic heterocycles. The molecule has 7 nitrogen and oxygen atoms in total. The van der Waals surface area contributed by atoms with Gasteiger partial charge in [0.2, 0.25) is 5.91 Å². The molecule has 45 heavy (non-hydrogen) atoms. The van der Waals surface area contributed by atoms with Gasteiger partial charge in [0.25, 0.3) is 5.91 Å². The monoisotopic (exact) mass is 669 g/mol. The second-order valence-corrected chi connectivity index (χ2v) is 15.3. The van der Waals surface area contributed by atoms with Gasteiger partial charge in [-0.1, -0.05) is 49.2 Å². The van der Waals surface area contributed by atoms with Crippen LogP contribution in [0.2, 0.25) is 10.0 Å². The van der Waals surface area contributed by atoms with E-state index in [0.717, 1.165) is 48.2 Å². The van der Waals surface area contributed by atoms with Crippen molar-refractivity contribution in [1.82, 2.24) is 20.0 Å². The molecule has 4 heterocycles. The predicted molar refractivity (Wildman–Crippen MR) is 178 cm³/mol. The van der Waals surface area contributed by atoms with Crippen LogP contribution < -0.4 is 5.32 Å². The van der Waals surface area contributed by atoms with Crippen molar-refractivity contribution in [3.8, 4) is 0 Å². The maximum absolute atomic E-state index is 15.0. The highest BCUT2D eigenvalue weighted by Crippen LogP contribution is 2.54. The van der Waals surface area contributed by atoms with Gasteiger partial charge in [0.1, 0.15) is 22.8 Å². The minimum Gasteiger partial charge on any atom is -0.335 e. The zero-order valence-corrected chi connectivity index (χ0v) is 28.3. The standard InChI is InChI=1S/C34H38Cl2FN5O2S/c1-18(2)28-30(32(44)40-13-5-6-26(40)31(43)41-17-34(11-12-34)38-16-20(41)4)45-33-39-27(21-7-9-22(35)10-8-21)29(42(28)33)23-15-25(37)24(36)14-19(23)3/h7-10,14-15,18,20,26-27,29,38H,5-6,11-13,16-17H2,1-4H3/t20-,26?,27?,29+/m0/s1. The lowest BCUT2D eigenvalue weighted by molar-refractivity contribution is -0.144. The van der Waals surface area contributed by atoms with Gasteiger partial charge >= 0.3 is 0 Å². The van der Waals surface area contributed by atoms with Gasteiger partial charge in [0, 0.05) is 41.9 Å². The van der Waals surface area contributed by atoms with Crippen LogP contribution in [0.15, 0.2) is 52.0 Å². The Morgan fingerprint density at radius 1 is 1.13 bits per heavy atom. The number of amides is 2. The summed E-state index contributed by atoms with van der Waals surface area (Å²) in [4.78, 5) is 40.2. The summed E-state index contributed by atoms with van der Waals surface area (Å²) in [6, 6.07) is 9.60. The largest absolute Gasteiger partial charge is 0.335 e. The maximum Gasteiger partial charge on any atom is 0.263 e. The van der Waals surface area contributed by atoms with Crippen molar-refractivity contribution >= 4 is 51.9 Å². The van der Waals surface area contributed by atoms with Gasteiger partial charge in [-0.3, -0.25) is 14.6 Å². The number of piperazine rings is 1. The van der Waals surface area contributed by atoms with Crippen LogP contribution in [0.5, 0.6) is 0 Å². The van der Waals surface area contributed by atoms with E-state index in [1.807, 2.05) is 36.1 Å². The Balaban J connectivity index is 1.25. The lowest BCUT2D eigenvalue weighted by Gasteiger charge is -2.41. The molecule has 11 heteroatoms. The van der Waals surface area contributed by atoms with Gasteiger partial charge in [0.05, 0.1) is 11.1 Å². The Bertz CT molecular complexity index is 1620. The number of aliphatic imine (C=N–C) groups is 1. The first-order valence-corrected chi connectivity index (χ1v) is 17.4. The van der Waals surface area contributed by atoms with E-state index in [2.05, 4.69) is 31.0 Å².